The number of rotatable bonds is 7. The van der Waals surface area contributed by atoms with Crippen LogP contribution in [0.3, 0.4) is 0 Å². The van der Waals surface area contributed by atoms with Gasteiger partial charge in [-0.2, -0.15) is 0 Å². The summed E-state index contributed by atoms with van der Waals surface area (Å²) in [5.74, 6) is 0.654. The Labute approximate surface area is 170 Å². The molecule has 3 rings (SSSR count). The van der Waals surface area contributed by atoms with Gasteiger partial charge in [0.2, 0.25) is 6.79 Å². The van der Waals surface area contributed by atoms with Crippen molar-refractivity contribution in [3.05, 3.63) is 59.7 Å². The van der Waals surface area contributed by atoms with E-state index in [0.29, 0.717) is 17.4 Å². The number of hydrogen-bond donors (Lipinski definition) is 1. The lowest BCUT2D eigenvalue weighted by molar-refractivity contribution is -0.148. The maximum atomic E-state index is 12.5. The number of amides is 1. The number of hydrogen-bond acceptors (Lipinski definition) is 5. The zero-order valence-corrected chi connectivity index (χ0v) is 16.8. The van der Waals surface area contributed by atoms with Crippen LogP contribution in [0, 0.1) is 0 Å². The fourth-order valence-corrected chi connectivity index (χ4v) is 2.94. The number of carbonyl (C=O) groups is 2. The lowest BCUT2D eigenvalue weighted by Gasteiger charge is -2.17. The van der Waals surface area contributed by atoms with E-state index in [-0.39, 0.29) is 12.7 Å². The summed E-state index contributed by atoms with van der Waals surface area (Å²) in [4.78, 5) is 24.6. The van der Waals surface area contributed by atoms with Crippen LogP contribution in [0.2, 0.25) is 0 Å². The van der Waals surface area contributed by atoms with Crippen molar-refractivity contribution in [2.45, 2.75) is 39.2 Å². The molecule has 2 aromatic rings. The van der Waals surface area contributed by atoms with Gasteiger partial charge in [-0.3, -0.25) is 4.79 Å². The summed E-state index contributed by atoms with van der Waals surface area (Å²) in [6.07, 6.45) is 2.93. The van der Waals surface area contributed by atoms with Gasteiger partial charge in [-0.05, 0) is 54.7 Å². The number of ether oxygens (including phenoxy) is 3. The van der Waals surface area contributed by atoms with Crippen molar-refractivity contribution in [2.24, 2.45) is 0 Å². The van der Waals surface area contributed by atoms with Crippen molar-refractivity contribution in [3.8, 4) is 11.5 Å². The average Bonchev–Trinajstić information content (AvgIpc) is 3.20. The third-order valence-electron chi connectivity index (χ3n) is 4.83. The molecule has 0 aliphatic carbocycles. The predicted octanol–water partition coefficient (Wildman–Crippen LogP) is 4.51. The number of carbonyl (C=O) groups excluding carboxylic acids is 2. The Hall–Kier alpha value is -3.28. The Kier molecular flexibility index (Phi) is 6.54. The molecule has 1 aliphatic rings. The quantitative estimate of drug-likeness (QED) is 0.551. The first-order valence-electron chi connectivity index (χ1n) is 9.66. The van der Waals surface area contributed by atoms with Gasteiger partial charge in [0.15, 0.2) is 17.6 Å². The summed E-state index contributed by atoms with van der Waals surface area (Å²) < 4.78 is 15.8. The molecule has 0 fully saturated rings. The van der Waals surface area contributed by atoms with Crippen LogP contribution in [0.15, 0.2) is 48.5 Å². The van der Waals surface area contributed by atoms with Gasteiger partial charge in [-0.1, -0.05) is 38.1 Å². The summed E-state index contributed by atoms with van der Waals surface area (Å²) in [5.41, 5.74) is 2.57. The lowest BCUT2D eigenvalue weighted by Crippen LogP contribution is -2.29. The van der Waals surface area contributed by atoms with Gasteiger partial charge in [0, 0.05) is 11.8 Å². The van der Waals surface area contributed by atoms with E-state index >= 15 is 0 Å². The van der Waals surface area contributed by atoms with Crippen molar-refractivity contribution in [1.82, 2.24) is 0 Å². The molecule has 0 spiro atoms. The summed E-state index contributed by atoms with van der Waals surface area (Å²) >= 11 is 0. The molecular weight excluding hydrogens is 370 g/mol. The molecule has 1 N–H and O–H groups in total. The number of esters is 1. The normalized spacial score (nSPS) is 14.4. The summed E-state index contributed by atoms with van der Waals surface area (Å²) in [6, 6.07) is 13.0. The Morgan fingerprint density at radius 1 is 1.14 bits per heavy atom. The van der Waals surface area contributed by atoms with E-state index in [1.807, 2.05) is 24.3 Å². The molecule has 6 heteroatoms. The minimum absolute atomic E-state index is 0.192. The molecule has 0 radical (unpaired) electrons. The highest BCUT2D eigenvalue weighted by Crippen LogP contribution is 2.32. The molecular formula is C23H25NO5. The molecule has 2 aromatic carbocycles. The van der Waals surface area contributed by atoms with Crippen molar-refractivity contribution in [1.29, 1.82) is 0 Å². The van der Waals surface area contributed by atoms with E-state index in [1.165, 1.54) is 6.08 Å². The molecule has 2 atom stereocenters. The van der Waals surface area contributed by atoms with Gasteiger partial charge in [0.05, 0.1) is 0 Å². The zero-order chi connectivity index (χ0) is 20.8. The highest BCUT2D eigenvalue weighted by atomic mass is 16.7. The molecule has 0 aromatic heterocycles. The maximum absolute atomic E-state index is 12.5. The summed E-state index contributed by atoms with van der Waals surface area (Å²) in [6.45, 7) is 5.94. The van der Waals surface area contributed by atoms with Crippen LogP contribution in [0.25, 0.3) is 6.08 Å². The number of nitrogens with one attached hydrogen (secondary N) is 1. The Morgan fingerprint density at radius 3 is 2.69 bits per heavy atom. The first-order chi connectivity index (χ1) is 14.0. The first-order valence-corrected chi connectivity index (χ1v) is 9.66. The van der Waals surface area contributed by atoms with Crippen LogP contribution in [0.1, 0.15) is 44.2 Å². The van der Waals surface area contributed by atoms with Crippen LogP contribution in [0.4, 0.5) is 5.69 Å². The first kappa shape index (κ1) is 20.5. The van der Waals surface area contributed by atoms with Crippen LogP contribution >= 0.6 is 0 Å². The topological polar surface area (TPSA) is 73.9 Å². The highest BCUT2D eigenvalue weighted by molar-refractivity contribution is 5.97. The standard InChI is InChI=1S/C23H25NO5/c1-4-15(2)18-7-5-6-8-19(18)24-23(26)16(3)29-22(25)12-10-17-9-11-20-21(13-17)28-14-27-20/h5-13,15-16H,4,14H2,1-3H3,(H,24,26)/b12-10+. The third kappa shape index (κ3) is 5.16. The fraction of sp³-hybridized carbons (Fsp3) is 0.304. The number of fused-ring (bicyclic) bond motifs is 1. The van der Waals surface area contributed by atoms with Crippen LogP contribution in [-0.2, 0) is 14.3 Å². The van der Waals surface area contributed by atoms with Gasteiger partial charge in [0.25, 0.3) is 5.91 Å². The van der Waals surface area contributed by atoms with Gasteiger partial charge >= 0.3 is 5.97 Å². The molecule has 0 saturated carbocycles. The summed E-state index contributed by atoms with van der Waals surface area (Å²) in [7, 11) is 0. The van der Waals surface area contributed by atoms with Crippen molar-refractivity contribution in [2.75, 3.05) is 12.1 Å². The SMILES string of the molecule is CCC(C)c1ccccc1NC(=O)C(C)OC(=O)/C=C/c1ccc2c(c1)OCO2. The highest BCUT2D eigenvalue weighted by Gasteiger charge is 2.19. The second-order valence-corrected chi connectivity index (χ2v) is 6.91. The van der Waals surface area contributed by atoms with Gasteiger partial charge in [0.1, 0.15) is 0 Å². The smallest absolute Gasteiger partial charge is 0.331 e. The number of anilines is 1. The molecule has 6 nitrogen and oxygen atoms in total. The maximum Gasteiger partial charge on any atom is 0.331 e. The molecule has 152 valence electrons. The van der Waals surface area contributed by atoms with Crippen molar-refractivity contribution < 1.29 is 23.8 Å². The lowest BCUT2D eigenvalue weighted by atomic mass is 9.97. The van der Waals surface area contributed by atoms with Crippen molar-refractivity contribution >= 4 is 23.6 Å². The fourth-order valence-electron chi connectivity index (χ4n) is 2.94. The molecule has 29 heavy (non-hydrogen) atoms. The van der Waals surface area contributed by atoms with Crippen LogP contribution in [-0.4, -0.2) is 24.8 Å². The van der Waals surface area contributed by atoms with Crippen LogP contribution < -0.4 is 14.8 Å². The largest absolute Gasteiger partial charge is 0.454 e. The van der Waals surface area contributed by atoms with Gasteiger partial charge in [-0.15, -0.1) is 0 Å². The molecule has 1 heterocycles. The van der Waals surface area contributed by atoms with Crippen molar-refractivity contribution in [3.63, 3.8) is 0 Å². The van der Waals surface area contributed by atoms with E-state index in [9.17, 15) is 9.59 Å². The molecule has 1 amide bonds. The minimum atomic E-state index is -0.922. The second kappa shape index (κ2) is 9.28. The average molecular weight is 395 g/mol. The van der Waals surface area contributed by atoms with Gasteiger partial charge < -0.3 is 19.5 Å². The molecule has 1 aliphatic heterocycles. The van der Waals surface area contributed by atoms with E-state index in [0.717, 1.165) is 23.2 Å². The second-order valence-electron chi connectivity index (χ2n) is 6.91. The van der Waals surface area contributed by atoms with E-state index in [4.69, 9.17) is 14.2 Å². The minimum Gasteiger partial charge on any atom is -0.454 e. The predicted molar refractivity (Wildman–Crippen MR) is 111 cm³/mol. The Bertz CT molecular complexity index is 921. The zero-order valence-electron chi connectivity index (χ0n) is 16.8. The summed E-state index contributed by atoms with van der Waals surface area (Å²) in [5, 5.41) is 2.86. The number of para-hydroxylation sites is 1. The Balaban J connectivity index is 1.57. The van der Waals surface area contributed by atoms with E-state index in [2.05, 4.69) is 19.2 Å². The molecule has 0 saturated heterocycles. The monoisotopic (exact) mass is 395 g/mol. The van der Waals surface area contributed by atoms with Gasteiger partial charge in [-0.25, -0.2) is 4.79 Å². The molecule has 2 unspecified atom stereocenters. The number of benzene rings is 2. The van der Waals surface area contributed by atoms with Crippen LogP contribution in [0.5, 0.6) is 11.5 Å². The molecule has 0 bridgehead atoms. The van der Waals surface area contributed by atoms with E-state index in [1.54, 1.807) is 31.2 Å². The third-order valence-corrected chi connectivity index (χ3v) is 4.83. The Morgan fingerprint density at radius 2 is 1.90 bits per heavy atom. The van der Waals surface area contributed by atoms with E-state index < -0.39 is 12.1 Å².